The Morgan fingerprint density at radius 3 is 0.617 bits per heavy atom. The minimum Gasteiger partial charge on any atom is -0.872 e. The van der Waals surface area contributed by atoms with Crippen LogP contribution in [0.5, 0.6) is 69.0 Å². The number of alkyl halides is 4. The van der Waals surface area contributed by atoms with Gasteiger partial charge in [-0.15, -0.1) is 46.4 Å². The van der Waals surface area contributed by atoms with E-state index in [1.54, 1.807) is 24.3 Å². The summed E-state index contributed by atoms with van der Waals surface area (Å²) < 4.78 is 41.0. The van der Waals surface area contributed by atoms with E-state index in [4.69, 9.17) is 124 Å². The molecule has 0 saturated carbocycles. The number of aliphatic carboxylic acids is 4. The van der Waals surface area contributed by atoms with E-state index in [1.807, 2.05) is 0 Å². The van der Waals surface area contributed by atoms with Gasteiger partial charge >= 0.3 is 50.3 Å². The van der Waals surface area contributed by atoms with Crippen LogP contribution in [0.3, 0.4) is 0 Å². The van der Waals surface area contributed by atoms with E-state index in [0.29, 0.717) is 94.4 Å². The number of rotatable bonds is 18. The van der Waals surface area contributed by atoms with Gasteiger partial charge in [0.1, 0.15) is 46.0 Å². The van der Waals surface area contributed by atoms with Gasteiger partial charge in [0.2, 0.25) is 0 Å². The molecule has 0 bridgehead atoms. The molecule has 4 rings (SSSR count). The average molecular weight is 1360 g/mol. The van der Waals surface area contributed by atoms with Crippen molar-refractivity contribution in [2.45, 2.75) is 27.7 Å². The monoisotopic (exact) mass is 1350 g/mol. The van der Waals surface area contributed by atoms with E-state index >= 15 is 0 Å². The Hall–Kier alpha value is -6.28. The number of hydrogen-bond acceptors (Lipinski definition) is 24. The van der Waals surface area contributed by atoms with Crippen LogP contribution >= 0.6 is 46.4 Å². The van der Waals surface area contributed by atoms with Gasteiger partial charge in [0.15, 0.2) is 0 Å². The van der Waals surface area contributed by atoms with Crippen LogP contribution < -0.4 is 78.7 Å². The second-order valence-corrected chi connectivity index (χ2v) is 14.9. The van der Waals surface area contributed by atoms with Gasteiger partial charge in [-0.05, 0) is 52.0 Å². The van der Waals surface area contributed by atoms with Crippen molar-refractivity contribution in [1.82, 2.24) is 0 Å². The summed E-state index contributed by atoms with van der Waals surface area (Å²) in [5, 5.41) is 84.4. The SMILES string of the molecule is CC(=O)[O-].CC(=O)[O-].CC(=O)[O-].CC(=O)[O-].COc1cc([O-])c(C=NCCN=Cc2c([O-])cc(OC)cc2OC)c(OC)c1.COc1cc([O-])c(C=NCCN=Cc2c([O-])cc(OC)cc2OC)c(OC)c1.ClCCl.ClCCl.[Co+2].[Co+3].[Co+3]. The van der Waals surface area contributed by atoms with Gasteiger partial charge < -0.3 is 97.9 Å². The number of carbonyl (C=O) groups is 4. The summed E-state index contributed by atoms with van der Waals surface area (Å²) in [4.78, 5) is 52.4. The molecule has 0 heterocycles. The standard InChI is InChI=1S/2C20H24N2O6.4C2H4O2.2CH2Cl2.3Co/c2*1-25-13-7-17(23)15(19(9-13)27-3)11-21-5-6-22-12-16-18(24)8-14(26-2)10-20(16)28-4;4*1-2(3)4;2*2-1-3;;;/h2*7-12,23-24H,5-6H2,1-4H3;4*1H3,(H,3,4);2*1H2;;;/q;;;;;;;;+2;2*+3/p-8. The van der Waals surface area contributed by atoms with Crippen LogP contribution in [0.2, 0.25) is 0 Å². The van der Waals surface area contributed by atoms with Crippen molar-refractivity contribution in [3.8, 4) is 69.0 Å². The molecule has 0 aliphatic rings. The molecule has 0 N–H and O–H groups in total. The predicted octanol–water partition coefficient (Wildman–Crippen LogP) is 0.673. The number of benzene rings is 4. The third kappa shape index (κ3) is 45.1. The van der Waals surface area contributed by atoms with Crippen molar-refractivity contribution in [2.24, 2.45) is 20.0 Å². The van der Waals surface area contributed by atoms with Crippen LogP contribution in [-0.2, 0) is 69.5 Å². The Morgan fingerprint density at radius 2 is 0.506 bits per heavy atom. The predicted molar refractivity (Wildman–Crippen MR) is 282 cm³/mol. The fraction of sp³-hybridized carbons (Fsp3) is 0.360. The first kappa shape index (κ1) is 88.5. The molecule has 4 aromatic rings. The summed E-state index contributed by atoms with van der Waals surface area (Å²) in [5.74, 6) is -2.10. The van der Waals surface area contributed by atoms with Gasteiger partial charge in [0.25, 0.3) is 0 Å². The van der Waals surface area contributed by atoms with Gasteiger partial charge in [-0.25, -0.2) is 0 Å². The Morgan fingerprint density at radius 1 is 0.370 bits per heavy atom. The van der Waals surface area contributed by atoms with E-state index in [2.05, 4.69) is 20.0 Å². The number of methoxy groups -OCH3 is 8. The van der Waals surface area contributed by atoms with E-state index in [0.717, 1.165) is 27.7 Å². The molecule has 24 nitrogen and oxygen atoms in total. The maximum Gasteiger partial charge on any atom is 3.00 e. The molecule has 455 valence electrons. The van der Waals surface area contributed by atoms with Gasteiger partial charge in [-0.3, -0.25) is 20.0 Å². The Labute approximate surface area is 521 Å². The number of aliphatic imine (C=N–C) groups is 4. The molecule has 0 fully saturated rings. The van der Waals surface area contributed by atoms with Crippen LogP contribution in [0, 0.1) is 0 Å². The van der Waals surface area contributed by atoms with Crippen LogP contribution in [0.15, 0.2) is 68.5 Å². The molecule has 0 aromatic heterocycles. The van der Waals surface area contributed by atoms with E-state index in [-0.39, 0.29) is 84.0 Å². The second-order valence-electron chi connectivity index (χ2n) is 13.3. The van der Waals surface area contributed by atoms with E-state index in [1.165, 1.54) is 106 Å². The molecule has 1 radical (unpaired) electrons. The van der Waals surface area contributed by atoms with Crippen molar-refractivity contribution in [3.63, 3.8) is 0 Å². The van der Waals surface area contributed by atoms with Gasteiger partial charge in [-0.1, -0.05) is 23.0 Å². The summed E-state index contributed by atoms with van der Waals surface area (Å²) >= 11 is 19.1. The Kier molecular flexibility index (Phi) is 60.8. The first-order valence-corrected chi connectivity index (χ1v) is 23.6. The molecular weight excluding hydrogens is 1300 g/mol. The number of carboxylic acid groups (broad SMARTS) is 4. The fourth-order valence-electron chi connectivity index (χ4n) is 4.82. The van der Waals surface area contributed by atoms with Gasteiger partial charge in [0.05, 0.1) is 93.7 Å². The minimum atomic E-state index is -1.08. The smallest absolute Gasteiger partial charge is 0.872 e. The summed E-state index contributed by atoms with van der Waals surface area (Å²) in [6, 6.07) is 11.9. The number of carbonyl (C=O) groups excluding carboxylic acids is 4. The number of halogens is 4. The summed E-state index contributed by atoms with van der Waals surface area (Å²) in [7, 11) is 11.8. The largest absolute Gasteiger partial charge is 3.00 e. The topological polar surface area (TPSA) is 376 Å². The molecule has 4 aromatic carbocycles. The molecule has 0 saturated heterocycles. The zero-order valence-corrected chi connectivity index (χ0v) is 51.8. The first-order chi connectivity index (χ1) is 36.8. The molecule has 0 aliphatic carbocycles. The fourth-order valence-corrected chi connectivity index (χ4v) is 4.82. The number of carboxylic acids is 4. The summed E-state index contributed by atoms with van der Waals surface area (Å²) in [6.45, 7) is 5.21. The van der Waals surface area contributed by atoms with E-state index in [9.17, 15) is 20.4 Å². The van der Waals surface area contributed by atoms with Gasteiger partial charge in [-0.2, -0.15) is 0 Å². The third-order valence-electron chi connectivity index (χ3n) is 7.73. The van der Waals surface area contributed by atoms with Crippen molar-refractivity contribution < 1.29 is 148 Å². The van der Waals surface area contributed by atoms with Crippen molar-refractivity contribution in [2.75, 3.05) is 93.7 Å². The minimum absolute atomic E-state index is 0. The first-order valence-electron chi connectivity index (χ1n) is 21.5. The maximum absolute atomic E-state index is 12.1. The second kappa shape index (κ2) is 55.6. The van der Waals surface area contributed by atoms with Crippen molar-refractivity contribution in [1.29, 1.82) is 0 Å². The summed E-state index contributed by atoms with van der Waals surface area (Å²) in [5.41, 5.74) is 1.36. The normalized spacial score (nSPS) is 9.38. The zero-order chi connectivity index (χ0) is 60.8. The Bertz CT molecular complexity index is 2160. The molecule has 0 amide bonds. The summed E-state index contributed by atoms with van der Waals surface area (Å²) in [6.07, 6.45) is 5.79. The molecule has 0 spiro atoms. The Balaban J connectivity index is -0.000000193. The maximum atomic E-state index is 12.1. The molecule has 0 aliphatic heterocycles. The molecule has 31 heteroatoms. The average Bonchev–Trinajstić information content (AvgIpc) is 3.36. The quantitative estimate of drug-likeness (QED) is 0.0750. The van der Waals surface area contributed by atoms with Gasteiger partial charge in [0, 0.05) is 95.3 Å². The molecule has 0 atom stereocenters. The zero-order valence-electron chi connectivity index (χ0n) is 45.6. The van der Waals surface area contributed by atoms with Crippen LogP contribution in [-0.4, -0.2) is 142 Å². The van der Waals surface area contributed by atoms with Crippen molar-refractivity contribution >= 4 is 95.1 Å². The van der Waals surface area contributed by atoms with Crippen LogP contribution in [0.1, 0.15) is 49.9 Å². The van der Waals surface area contributed by atoms with Crippen LogP contribution in [0.4, 0.5) is 0 Å². The molecule has 0 unspecified atom stereocenters. The van der Waals surface area contributed by atoms with Crippen molar-refractivity contribution in [3.05, 3.63) is 70.8 Å². The third-order valence-corrected chi connectivity index (χ3v) is 7.73. The molecule has 81 heavy (non-hydrogen) atoms. The number of ether oxygens (including phenoxy) is 8. The van der Waals surface area contributed by atoms with E-state index < -0.39 is 23.9 Å². The van der Waals surface area contributed by atoms with Crippen LogP contribution in [0.25, 0.3) is 0 Å². The number of hydrogen-bond donors (Lipinski definition) is 0. The number of nitrogens with zero attached hydrogens (tertiary/aromatic N) is 4. The molecular formula is C50H60Cl4Co3N4O20.